The van der Waals surface area contributed by atoms with Gasteiger partial charge in [-0.05, 0) is 53.5 Å². The van der Waals surface area contributed by atoms with Gasteiger partial charge in [-0.15, -0.1) is 0 Å². The Balaban J connectivity index is 1.56. The fourth-order valence-electron chi connectivity index (χ4n) is 4.35. The number of carbonyl (C=O) groups is 4. The zero-order chi connectivity index (χ0) is 29.8. The summed E-state index contributed by atoms with van der Waals surface area (Å²) in [6.07, 6.45) is -1.53. The quantitative estimate of drug-likeness (QED) is 0.144. The lowest BCUT2D eigenvalue weighted by Crippen LogP contribution is -2.54. The molecule has 41 heavy (non-hydrogen) atoms. The average molecular weight is 562 g/mol. The Morgan fingerprint density at radius 3 is 1.61 bits per heavy atom. The number of amides is 2. The predicted octanol–water partition coefficient (Wildman–Crippen LogP) is 2.93. The van der Waals surface area contributed by atoms with E-state index in [2.05, 4.69) is 47.0 Å². The number of aliphatic hydroxyl groups excluding tert-OH is 1. The van der Waals surface area contributed by atoms with Gasteiger partial charge in [0.15, 0.2) is 0 Å². The van der Waals surface area contributed by atoms with Crippen LogP contribution in [0.3, 0.4) is 0 Å². The van der Waals surface area contributed by atoms with Crippen LogP contribution in [0.5, 0.6) is 0 Å². The van der Waals surface area contributed by atoms with E-state index in [1.54, 1.807) is 0 Å². The lowest BCUT2D eigenvalue weighted by atomic mass is 9.99. The molecule has 3 aromatic carbocycles. The molecule has 0 saturated heterocycles. The summed E-state index contributed by atoms with van der Waals surface area (Å²) >= 11 is 0. The molecular formula is C31H35N3O7. The number of benzene rings is 3. The third kappa shape index (κ3) is 10.2. The molecule has 0 bridgehead atoms. The van der Waals surface area contributed by atoms with Crippen LogP contribution < -0.4 is 16.4 Å². The van der Waals surface area contributed by atoms with Crippen LogP contribution in [0.4, 0.5) is 0 Å². The second kappa shape index (κ2) is 15.3. The number of carbonyl (C=O) groups excluding carboxylic acids is 2. The lowest BCUT2D eigenvalue weighted by molar-refractivity contribution is -0.139. The molecule has 0 aliphatic rings. The van der Waals surface area contributed by atoms with Crippen LogP contribution in [0.1, 0.15) is 37.7 Å². The summed E-state index contributed by atoms with van der Waals surface area (Å²) in [4.78, 5) is 46.3. The first kappa shape index (κ1) is 31.0. The van der Waals surface area contributed by atoms with Crippen molar-refractivity contribution in [3.05, 3.63) is 84.4 Å². The van der Waals surface area contributed by atoms with Crippen LogP contribution in [-0.2, 0) is 25.6 Å². The Morgan fingerprint density at radius 1 is 0.659 bits per heavy atom. The van der Waals surface area contributed by atoms with Crippen molar-refractivity contribution in [3.8, 4) is 22.3 Å². The largest absolute Gasteiger partial charge is 0.481 e. The van der Waals surface area contributed by atoms with E-state index in [0.29, 0.717) is 6.42 Å². The fraction of sp³-hybridized carbons (Fsp3) is 0.290. The summed E-state index contributed by atoms with van der Waals surface area (Å²) in [7, 11) is 0. The SMILES string of the molecule is NC(=O)[C@H](CCC(=O)O)NC(=O)[C@H](CCC(=O)O)NC(O)CCc1ccc(-c2ccc(-c3ccccc3)cc2)cc1. The maximum absolute atomic E-state index is 12.8. The van der Waals surface area contributed by atoms with E-state index >= 15 is 0 Å². The maximum atomic E-state index is 12.8. The molecule has 0 aromatic heterocycles. The van der Waals surface area contributed by atoms with Crippen molar-refractivity contribution in [3.63, 3.8) is 0 Å². The molecule has 3 rings (SSSR count). The first-order chi connectivity index (χ1) is 19.6. The van der Waals surface area contributed by atoms with Gasteiger partial charge >= 0.3 is 11.9 Å². The minimum Gasteiger partial charge on any atom is -0.481 e. The van der Waals surface area contributed by atoms with Gasteiger partial charge in [0.05, 0.1) is 6.04 Å². The summed E-state index contributed by atoms with van der Waals surface area (Å²) in [5.74, 6) is -3.95. The van der Waals surface area contributed by atoms with E-state index < -0.39 is 42.1 Å². The highest BCUT2D eigenvalue weighted by atomic mass is 16.4. The van der Waals surface area contributed by atoms with E-state index in [-0.39, 0.29) is 32.1 Å². The molecule has 3 aromatic rings. The highest BCUT2D eigenvalue weighted by molar-refractivity contribution is 5.89. The van der Waals surface area contributed by atoms with Gasteiger partial charge in [-0.25, -0.2) is 0 Å². The van der Waals surface area contributed by atoms with Crippen LogP contribution in [-0.4, -0.2) is 57.4 Å². The number of carboxylic acids is 2. The Morgan fingerprint density at radius 2 is 1.12 bits per heavy atom. The molecule has 7 N–H and O–H groups in total. The minimum absolute atomic E-state index is 0.152. The molecule has 216 valence electrons. The fourth-order valence-corrected chi connectivity index (χ4v) is 4.35. The summed E-state index contributed by atoms with van der Waals surface area (Å²) in [5, 5.41) is 33.6. The summed E-state index contributed by atoms with van der Waals surface area (Å²) in [5.41, 5.74) is 10.6. The molecule has 3 atom stereocenters. The molecule has 0 aliphatic carbocycles. The highest BCUT2D eigenvalue weighted by Gasteiger charge is 2.26. The number of carboxylic acid groups (broad SMARTS) is 2. The molecule has 0 spiro atoms. The summed E-state index contributed by atoms with van der Waals surface area (Å²) in [6.45, 7) is 0. The van der Waals surface area contributed by atoms with Crippen molar-refractivity contribution in [2.75, 3.05) is 0 Å². The number of nitrogens with one attached hydrogen (secondary N) is 2. The second-order valence-corrected chi connectivity index (χ2v) is 9.74. The van der Waals surface area contributed by atoms with Gasteiger partial charge in [-0.2, -0.15) is 0 Å². The van der Waals surface area contributed by atoms with E-state index in [1.165, 1.54) is 0 Å². The van der Waals surface area contributed by atoms with Crippen LogP contribution in [0, 0.1) is 0 Å². The van der Waals surface area contributed by atoms with Crippen LogP contribution in [0.25, 0.3) is 22.3 Å². The van der Waals surface area contributed by atoms with E-state index in [0.717, 1.165) is 27.8 Å². The lowest BCUT2D eigenvalue weighted by Gasteiger charge is -2.24. The number of aliphatic hydroxyl groups is 1. The van der Waals surface area contributed by atoms with Gasteiger partial charge < -0.3 is 26.4 Å². The number of rotatable bonds is 16. The van der Waals surface area contributed by atoms with Gasteiger partial charge in [0.1, 0.15) is 12.3 Å². The van der Waals surface area contributed by atoms with E-state index in [9.17, 15) is 24.3 Å². The standard InChI is InChI=1S/C31H35N3O7/c32-30(40)25(15-18-28(36)37)34-31(41)26(16-19-29(38)39)33-27(35)17-8-20-6-9-22(10-7-20)24-13-11-23(12-14-24)21-4-2-1-3-5-21/h1-7,9-14,25-27,33,35H,8,15-19H2,(H2,32,40)(H,34,41)(H,36,37)(H,38,39)/t25-,26-,27?/m0/s1. The summed E-state index contributed by atoms with van der Waals surface area (Å²) in [6, 6.07) is 24.0. The topological polar surface area (TPSA) is 179 Å². The Hall–Kier alpha value is -4.54. The summed E-state index contributed by atoms with van der Waals surface area (Å²) < 4.78 is 0. The number of aliphatic carboxylic acids is 2. The number of hydrogen-bond donors (Lipinski definition) is 6. The molecule has 10 heteroatoms. The molecule has 2 amide bonds. The molecule has 0 fully saturated rings. The first-order valence-corrected chi connectivity index (χ1v) is 13.3. The van der Waals surface area contributed by atoms with E-state index in [1.807, 2.05) is 42.5 Å². The Bertz CT molecular complexity index is 1310. The number of nitrogens with two attached hydrogens (primary N) is 1. The van der Waals surface area contributed by atoms with Gasteiger partial charge in [0.25, 0.3) is 0 Å². The third-order valence-corrected chi connectivity index (χ3v) is 6.65. The van der Waals surface area contributed by atoms with Gasteiger partial charge in [-0.3, -0.25) is 24.5 Å². The first-order valence-electron chi connectivity index (χ1n) is 13.3. The number of aryl methyl sites for hydroxylation is 1. The van der Waals surface area contributed by atoms with Crippen molar-refractivity contribution in [1.29, 1.82) is 0 Å². The minimum atomic E-state index is -1.24. The van der Waals surface area contributed by atoms with Crippen molar-refractivity contribution < 1.29 is 34.5 Å². The van der Waals surface area contributed by atoms with Crippen molar-refractivity contribution >= 4 is 23.8 Å². The zero-order valence-electron chi connectivity index (χ0n) is 22.5. The maximum Gasteiger partial charge on any atom is 0.303 e. The molecule has 0 radical (unpaired) electrons. The number of primary amides is 1. The smallest absolute Gasteiger partial charge is 0.303 e. The van der Waals surface area contributed by atoms with Crippen molar-refractivity contribution in [1.82, 2.24) is 10.6 Å². The van der Waals surface area contributed by atoms with Gasteiger partial charge in [-0.1, -0.05) is 78.9 Å². The average Bonchev–Trinajstić information content (AvgIpc) is 2.96. The Kier molecular flexibility index (Phi) is 11.6. The van der Waals surface area contributed by atoms with Crippen LogP contribution >= 0.6 is 0 Å². The van der Waals surface area contributed by atoms with Gasteiger partial charge in [0.2, 0.25) is 11.8 Å². The number of hydrogen-bond acceptors (Lipinski definition) is 6. The molecule has 10 nitrogen and oxygen atoms in total. The second-order valence-electron chi connectivity index (χ2n) is 9.74. The molecule has 0 aliphatic heterocycles. The van der Waals surface area contributed by atoms with Crippen LogP contribution in [0.15, 0.2) is 78.9 Å². The van der Waals surface area contributed by atoms with E-state index in [4.69, 9.17) is 15.9 Å². The van der Waals surface area contributed by atoms with Gasteiger partial charge in [0, 0.05) is 12.8 Å². The third-order valence-electron chi connectivity index (χ3n) is 6.65. The molecular weight excluding hydrogens is 526 g/mol. The zero-order valence-corrected chi connectivity index (χ0v) is 22.5. The monoisotopic (exact) mass is 561 g/mol. The predicted molar refractivity (Wildman–Crippen MR) is 153 cm³/mol. The van der Waals surface area contributed by atoms with Crippen molar-refractivity contribution in [2.24, 2.45) is 5.73 Å². The normalized spacial score (nSPS) is 13.1. The highest BCUT2D eigenvalue weighted by Crippen LogP contribution is 2.25. The van der Waals surface area contributed by atoms with Crippen LogP contribution in [0.2, 0.25) is 0 Å². The Labute approximate surface area is 238 Å². The molecule has 1 unspecified atom stereocenters. The molecule has 0 saturated carbocycles. The van der Waals surface area contributed by atoms with Crippen molar-refractivity contribution in [2.45, 2.75) is 56.8 Å². The molecule has 0 heterocycles.